The second-order valence-corrected chi connectivity index (χ2v) is 6.77. The smallest absolute Gasteiger partial charge is 0.234 e. The van der Waals surface area contributed by atoms with Crippen LogP contribution in [0.1, 0.15) is 5.56 Å². The van der Waals surface area contributed by atoms with Crippen molar-refractivity contribution in [3.05, 3.63) is 64.1 Å². The van der Waals surface area contributed by atoms with Crippen LogP contribution in [0.5, 0.6) is 0 Å². The Hall–Kier alpha value is -2.09. The molecule has 25 heavy (non-hydrogen) atoms. The maximum atomic E-state index is 12.1. The molecule has 0 atom stereocenters. The van der Waals surface area contributed by atoms with Crippen molar-refractivity contribution in [1.29, 1.82) is 0 Å². The van der Waals surface area contributed by atoms with E-state index in [2.05, 4.69) is 20.8 Å². The van der Waals surface area contributed by atoms with E-state index in [0.29, 0.717) is 27.4 Å². The summed E-state index contributed by atoms with van der Waals surface area (Å²) in [4.78, 5) is 12.1. The molecule has 0 fully saturated rings. The van der Waals surface area contributed by atoms with Gasteiger partial charge in [-0.15, -0.1) is 5.10 Å². The molecule has 1 N–H and O–H groups in total. The van der Waals surface area contributed by atoms with E-state index in [4.69, 9.17) is 23.2 Å². The maximum Gasteiger partial charge on any atom is 0.234 e. The number of nitrogens with zero attached hydrogens (tertiary/aromatic N) is 4. The highest BCUT2D eigenvalue weighted by Gasteiger charge is 2.12. The normalized spacial score (nSPS) is 10.6. The van der Waals surface area contributed by atoms with Crippen molar-refractivity contribution in [2.24, 2.45) is 0 Å². The average molecular weight is 394 g/mol. The summed E-state index contributed by atoms with van der Waals surface area (Å²) < 4.78 is 1.65. The fraction of sp³-hybridized carbons (Fsp3) is 0.125. The van der Waals surface area contributed by atoms with Crippen LogP contribution in [0.4, 0.5) is 5.69 Å². The summed E-state index contributed by atoms with van der Waals surface area (Å²) in [5, 5.41) is 15.6. The number of halogens is 2. The van der Waals surface area contributed by atoms with Crippen LogP contribution in [0.2, 0.25) is 10.0 Å². The summed E-state index contributed by atoms with van der Waals surface area (Å²) in [5.41, 5.74) is 1.55. The van der Waals surface area contributed by atoms with E-state index in [0.717, 1.165) is 5.56 Å². The molecule has 0 aliphatic carbocycles. The second kappa shape index (κ2) is 8.33. The second-order valence-electron chi connectivity index (χ2n) is 5.04. The monoisotopic (exact) mass is 393 g/mol. The zero-order valence-electron chi connectivity index (χ0n) is 12.9. The van der Waals surface area contributed by atoms with Crippen LogP contribution in [0, 0.1) is 0 Å². The van der Waals surface area contributed by atoms with Crippen molar-refractivity contribution in [3.8, 4) is 0 Å². The number of hydrogen-bond donors (Lipinski definition) is 1. The van der Waals surface area contributed by atoms with Crippen molar-refractivity contribution >= 4 is 46.6 Å². The summed E-state index contributed by atoms with van der Waals surface area (Å²) in [6, 6.07) is 14.9. The molecule has 9 heteroatoms. The minimum Gasteiger partial charge on any atom is -0.324 e. The number of anilines is 1. The van der Waals surface area contributed by atoms with E-state index in [1.54, 1.807) is 22.9 Å². The highest BCUT2D eigenvalue weighted by Crippen LogP contribution is 2.29. The Morgan fingerprint density at radius 2 is 1.92 bits per heavy atom. The van der Waals surface area contributed by atoms with Crippen LogP contribution >= 0.6 is 35.0 Å². The van der Waals surface area contributed by atoms with E-state index in [-0.39, 0.29) is 11.7 Å². The predicted octanol–water partition coefficient (Wildman–Crippen LogP) is 3.76. The van der Waals surface area contributed by atoms with E-state index in [9.17, 15) is 4.79 Å². The van der Waals surface area contributed by atoms with Gasteiger partial charge in [-0.1, -0.05) is 71.4 Å². The lowest BCUT2D eigenvalue weighted by molar-refractivity contribution is -0.113. The molecule has 0 saturated heterocycles. The predicted molar refractivity (Wildman–Crippen MR) is 99.2 cm³/mol. The topological polar surface area (TPSA) is 72.7 Å². The van der Waals surface area contributed by atoms with Gasteiger partial charge >= 0.3 is 0 Å². The fourth-order valence-corrected chi connectivity index (χ4v) is 3.10. The molecule has 0 radical (unpaired) electrons. The number of benzene rings is 2. The molecular weight excluding hydrogens is 381 g/mol. The molecule has 0 aliphatic rings. The molecule has 0 bridgehead atoms. The molecule has 0 spiro atoms. The summed E-state index contributed by atoms with van der Waals surface area (Å²) in [5.74, 6) is -0.0682. The van der Waals surface area contributed by atoms with E-state index < -0.39 is 0 Å². The standard InChI is InChI=1S/C16H13Cl2N5OS/c17-12-7-4-8-13(15(12)18)19-14(24)10-25-16-20-21-22-23(16)9-11-5-2-1-3-6-11/h1-8H,9-10H2,(H,19,24). The number of tetrazole rings is 1. The van der Waals surface area contributed by atoms with Gasteiger partial charge in [0.1, 0.15) is 0 Å². The summed E-state index contributed by atoms with van der Waals surface area (Å²) in [6.07, 6.45) is 0. The molecule has 3 rings (SSSR count). The van der Waals surface area contributed by atoms with Crippen molar-refractivity contribution in [1.82, 2.24) is 20.2 Å². The first-order valence-electron chi connectivity index (χ1n) is 7.30. The first-order valence-corrected chi connectivity index (χ1v) is 9.04. The zero-order valence-corrected chi connectivity index (χ0v) is 15.2. The molecule has 0 aliphatic heterocycles. The lowest BCUT2D eigenvalue weighted by atomic mass is 10.2. The van der Waals surface area contributed by atoms with Gasteiger partial charge in [-0.2, -0.15) is 0 Å². The Labute approximate surface area is 158 Å². The Bertz CT molecular complexity index is 872. The molecule has 6 nitrogen and oxygen atoms in total. The van der Waals surface area contributed by atoms with Crippen molar-refractivity contribution < 1.29 is 4.79 Å². The van der Waals surface area contributed by atoms with Gasteiger partial charge < -0.3 is 5.32 Å². The number of rotatable bonds is 6. The van der Waals surface area contributed by atoms with Crippen LogP contribution in [0.3, 0.4) is 0 Å². The highest BCUT2D eigenvalue weighted by atomic mass is 35.5. The molecule has 1 aromatic heterocycles. The number of aromatic nitrogens is 4. The summed E-state index contributed by atoms with van der Waals surface area (Å²) in [7, 11) is 0. The molecule has 3 aromatic rings. The van der Waals surface area contributed by atoms with Crippen molar-refractivity contribution in [2.45, 2.75) is 11.7 Å². The number of carbonyl (C=O) groups excluding carboxylic acids is 1. The number of nitrogens with one attached hydrogen (secondary N) is 1. The third kappa shape index (κ3) is 4.72. The van der Waals surface area contributed by atoms with Gasteiger partial charge in [-0.05, 0) is 28.1 Å². The molecule has 128 valence electrons. The third-order valence-electron chi connectivity index (χ3n) is 3.23. The Kier molecular flexibility index (Phi) is 5.91. The number of hydrogen-bond acceptors (Lipinski definition) is 5. The van der Waals surface area contributed by atoms with Crippen LogP contribution in [0.25, 0.3) is 0 Å². The van der Waals surface area contributed by atoms with Gasteiger partial charge in [0.15, 0.2) is 0 Å². The first-order chi connectivity index (χ1) is 12.1. The highest BCUT2D eigenvalue weighted by molar-refractivity contribution is 7.99. The van der Waals surface area contributed by atoms with Crippen molar-refractivity contribution in [2.75, 3.05) is 11.1 Å². The number of carbonyl (C=O) groups is 1. The van der Waals surface area contributed by atoms with Crippen molar-refractivity contribution in [3.63, 3.8) is 0 Å². The minimum absolute atomic E-state index is 0.151. The van der Waals surface area contributed by atoms with Crippen LogP contribution < -0.4 is 5.32 Å². The lowest BCUT2D eigenvalue weighted by Crippen LogP contribution is -2.15. The number of thioether (sulfide) groups is 1. The van der Waals surface area contributed by atoms with Crippen LogP contribution in [-0.4, -0.2) is 31.9 Å². The SMILES string of the molecule is O=C(CSc1nnnn1Cc1ccccc1)Nc1cccc(Cl)c1Cl. The van der Waals surface area contributed by atoms with Crippen LogP contribution in [-0.2, 0) is 11.3 Å². The largest absolute Gasteiger partial charge is 0.324 e. The third-order valence-corrected chi connectivity index (χ3v) is 5.01. The van der Waals surface area contributed by atoms with Crippen LogP contribution in [0.15, 0.2) is 53.7 Å². The fourth-order valence-electron chi connectivity index (χ4n) is 2.07. The van der Waals surface area contributed by atoms with Gasteiger partial charge in [0, 0.05) is 0 Å². The van der Waals surface area contributed by atoms with Gasteiger partial charge in [-0.25, -0.2) is 4.68 Å². The van der Waals surface area contributed by atoms with E-state index in [1.807, 2.05) is 30.3 Å². The van der Waals surface area contributed by atoms with Gasteiger partial charge in [0.05, 0.1) is 28.0 Å². The van der Waals surface area contributed by atoms with Gasteiger partial charge in [-0.3, -0.25) is 4.79 Å². The number of amides is 1. The summed E-state index contributed by atoms with van der Waals surface area (Å²) >= 11 is 13.2. The maximum absolute atomic E-state index is 12.1. The molecule has 2 aromatic carbocycles. The zero-order chi connectivity index (χ0) is 17.6. The van der Waals surface area contributed by atoms with Gasteiger partial charge in [0.25, 0.3) is 0 Å². The first kappa shape index (κ1) is 17.7. The molecule has 0 saturated carbocycles. The Morgan fingerprint density at radius 3 is 2.72 bits per heavy atom. The average Bonchev–Trinajstić information content (AvgIpc) is 3.05. The summed E-state index contributed by atoms with van der Waals surface area (Å²) in [6.45, 7) is 0.540. The lowest BCUT2D eigenvalue weighted by Gasteiger charge is -2.08. The van der Waals surface area contributed by atoms with Gasteiger partial charge in [0.2, 0.25) is 11.1 Å². The molecule has 0 unspecified atom stereocenters. The molecule has 1 amide bonds. The quantitative estimate of drug-likeness (QED) is 0.645. The Morgan fingerprint density at radius 1 is 1.12 bits per heavy atom. The molecule has 1 heterocycles. The Balaban J connectivity index is 1.60. The minimum atomic E-state index is -0.219. The molecular formula is C16H13Cl2N5OS. The van der Waals surface area contributed by atoms with E-state index in [1.165, 1.54) is 11.8 Å². The van der Waals surface area contributed by atoms with E-state index >= 15 is 0 Å².